The van der Waals surface area contributed by atoms with Crippen LogP contribution in [0, 0.1) is 5.82 Å². The van der Waals surface area contributed by atoms with Gasteiger partial charge in [-0.2, -0.15) is 0 Å². The van der Waals surface area contributed by atoms with Gasteiger partial charge in [-0.1, -0.05) is 60.7 Å². The van der Waals surface area contributed by atoms with Crippen LogP contribution in [0.25, 0.3) is 0 Å². The highest BCUT2D eigenvalue weighted by Gasteiger charge is 2.34. The van der Waals surface area contributed by atoms with Gasteiger partial charge in [0, 0.05) is 19.5 Å². The third kappa shape index (κ3) is 7.98. The minimum Gasteiger partial charge on any atom is -0.497 e. The summed E-state index contributed by atoms with van der Waals surface area (Å²) >= 11 is 0. The van der Waals surface area contributed by atoms with E-state index in [1.807, 2.05) is 30.3 Å². The molecule has 224 valence electrons. The molecule has 4 aromatic carbocycles. The van der Waals surface area contributed by atoms with Crippen molar-refractivity contribution in [3.63, 3.8) is 0 Å². The van der Waals surface area contributed by atoms with Gasteiger partial charge in [-0.05, 0) is 66.6 Å². The number of halogens is 1. The Bertz CT molecular complexity index is 1600. The van der Waals surface area contributed by atoms with Gasteiger partial charge >= 0.3 is 0 Å². The second-order valence-corrected chi connectivity index (χ2v) is 11.6. The molecule has 0 aliphatic rings. The van der Waals surface area contributed by atoms with Crippen LogP contribution in [0.15, 0.2) is 114 Å². The summed E-state index contributed by atoms with van der Waals surface area (Å²) in [6.07, 6.45) is 0.188. The standard InChI is InChI=1S/C33H34FN3O5S/c1-3-35-33(39)31(22-25-10-6-4-7-11-25)36(23-26-14-16-27(34)17-15-26)32(38)24-37(28-18-20-29(42-2)21-19-28)43(40,41)30-12-8-5-9-13-30/h4-21,31H,3,22-24H2,1-2H3,(H,35,39)/t31-/m1/s1. The number of likely N-dealkylation sites (N-methyl/N-ethyl adjacent to an activating group) is 1. The zero-order valence-electron chi connectivity index (χ0n) is 24.0. The Morgan fingerprint density at radius 1 is 0.837 bits per heavy atom. The van der Waals surface area contributed by atoms with Crippen molar-refractivity contribution >= 4 is 27.5 Å². The number of rotatable bonds is 13. The summed E-state index contributed by atoms with van der Waals surface area (Å²) in [5.74, 6) is -0.911. The van der Waals surface area contributed by atoms with Crippen LogP contribution in [-0.2, 0) is 32.6 Å². The molecule has 0 saturated carbocycles. The Labute approximate surface area is 251 Å². The number of nitrogens with zero attached hydrogens (tertiary/aromatic N) is 2. The number of anilines is 1. The molecule has 43 heavy (non-hydrogen) atoms. The molecular formula is C33H34FN3O5S. The second kappa shape index (κ2) is 14.5. The number of sulfonamides is 1. The van der Waals surface area contributed by atoms with Crippen molar-refractivity contribution in [2.75, 3.05) is 24.5 Å². The number of ether oxygens (including phenoxy) is 1. The Balaban J connectivity index is 1.78. The second-order valence-electron chi connectivity index (χ2n) is 9.77. The highest BCUT2D eigenvalue weighted by molar-refractivity contribution is 7.92. The minimum absolute atomic E-state index is 0.00765. The van der Waals surface area contributed by atoms with E-state index in [0.717, 1.165) is 9.87 Å². The van der Waals surface area contributed by atoms with E-state index in [1.165, 1.54) is 48.4 Å². The molecule has 0 aliphatic carbocycles. The summed E-state index contributed by atoms with van der Waals surface area (Å²) in [5, 5.41) is 2.81. The molecular weight excluding hydrogens is 569 g/mol. The molecule has 4 rings (SSSR count). The van der Waals surface area contributed by atoms with E-state index in [2.05, 4.69) is 5.32 Å². The van der Waals surface area contributed by atoms with Crippen LogP contribution >= 0.6 is 0 Å². The van der Waals surface area contributed by atoms with Crippen LogP contribution in [-0.4, -0.2) is 51.4 Å². The molecule has 0 heterocycles. The first-order valence-corrected chi connectivity index (χ1v) is 15.2. The van der Waals surface area contributed by atoms with E-state index >= 15 is 0 Å². The van der Waals surface area contributed by atoms with Gasteiger partial charge < -0.3 is 15.0 Å². The largest absolute Gasteiger partial charge is 0.497 e. The molecule has 1 N–H and O–H groups in total. The molecule has 0 fully saturated rings. The van der Waals surface area contributed by atoms with Crippen molar-refractivity contribution in [3.05, 3.63) is 126 Å². The van der Waals surface area contributed by atoms with Crippen molar-refractivity contribution in [2.24, 2.45) is 0 Å². The van der Waals surface area contributed by atoms with Crippen molar-refractivity contribution < 1.29 is 27.1 Å². The van der Waals surface area contributed by atoms with Gasteiger partial charge in [0.2, 0.25) is 11.8 Å². The monoisotopic (exact) mass is 603 g/mol. The molecule has 0 saturated heterocycles. The van der Waals surface area contributed by atoms with Crippen molar-refractivity contribution in [2.45, 2.75) is 30.8 Å². The summed E-state index contributed by atoms with van der Waals surface area (Å²) in [7, 11) is -2.70. The maximum absolute atomic E-state index is 14.3. The fraction of sp³-hybridized carbons (Fsp3) is 0.212. The van der Waals surface area contributed by atoms with E-state index in [0.29, 0.717) is 17.9 Å². The van der Waals surface area contributed by atoms with E-state index in [4.69, 9.17) is 4.74 Å². The summed E-state index contributed by atoms with van der Waals surface area (Å²) in [6.45, 7) is 1.48. The van der Waals surface area contributed by atoms with Gasteiger partial charge in [-0.25, -0.2) is 12.8 Å². The average molecular weight is 604 g/mol. The van der Waals surface area contributed by atoms with Crippen LogP contribution in [0.5, 0.6) is 5.75 Å². The van der Waals surface area contributed by atoms with Crippen LogP contribution in [0.1, 0.15) is 18.1 Å². The number of carbonyl (C=O) groups is 2. The lowest BCUT2D eigenvalue weighted by molar-refractivity contribution is -0.140. The van der Waals surface area contributed by atoms with E-state index in [-0.39, 0.29) is 29.5 Å². The predicted octanol–water partition coefficient (Wildman–Crippen LogP) is 4.81. The van der Waals surface area contributed by atoms with E-state index in [9.17, 15) is 22.4 Å². The molecule has 0 aliphatic heterocycles. The molecule has 1 atom stereocenters. The zero-order valence-corrected chi connectivity index (χ0v) is 24.8. The normalized spacial score (nSPS) is 11.8. The van der Waals surface area contributed by atoms with Crippen molar-refractivity contribution in [3.8, 4) is 5.75 Å². The summed E-state index contributed by atoms with van der Waals surface area (Å²) in [4.78, 5) is 29.1. The number of benzene rings is 4. The lowest BCUT2D eigenvalue weighted by atomic mass is 10.0. The van der Waals surface area contributed by atoms with Crippen LogP contribution in [0.4, 0.5) is 10.1 Å². The number of hydrogen-bond acceptors (Lipinski definition) is 5. The Morgan fingerprint density at radius 2 is 1.44 bits per heavy atom. The topological polar surface area (TPSA) is 96.0 Å². The lowest BCUT2D eigenvalue weighted by Crippen LogP contribution is -2.53. The lowest BCUT2D eigenvalue weighted by Gasteiger charge is -2.33. The molecule has 0 radical (unpaired) electrons. The predicted molar refractivity (Wildman–Crippen MR) is 164 cm³/mol. The Hall–Kier alpha value is -4.70. The smallest absolute Gasteiger partial charge is 0.264 e. The fourth-order valence-corrected chi connectivity index (χ4v) is 6.06. The first-order valence-electron chi connectivity index (χ1n) is 13.8. The SMILES string of the molecule is CCNC(=O)[C@@H](Cc1ccccc1)N(Cc1ccc(F)cc1)C(=O)CN(c1ccc(OC)cc1)S(=O)(=O)c1ccccc1. The highest BCUT2D eigenvalue weighted by atomic mass is 32.2. The molecule has 4 aromatic rings. The molecule has 10 heteroatoms. The third-order valence-corrected chi connectivity index (χ3v) is 8.65. The molecule has 2 amide bonds. The number of carbonyl (C=O) groups excluding carboxylic acids is 2. The summed E-state index contributed by atoms with van der Waals surface area (Å²) < 4.78 is 47.9. The molecule has 0 unspecified atom stereocenters. The van der Waals surface area contributed by atoms with Gasteiger partial charge in [-0.15, -0.1) is 0 Å². The van der Waals surface area contributed by atoms with E-state index < -0.39 is 34.3 Å². The first-order chi connectivity index (χ1) is 20.7. The number of methoxy groups -OCH3 is 1. The van der Waals surface area contributed by atoms with Crippen LogP contribution < -0.4 is 14.4 Å². The zero-order chi connectivity index (χ0) is 30.8. The maximum atomic E-state index is 14.3. The quantitative estimate of drug-likeness (QED) is 0.237. The van der Waals surface area contributed by atoms with Gasteiger partial charge in [0.25, 0.3) is 10.0 Å². The molecule has 8 nitrogen and oxygen atoms in total. The summed E-state index contributed by atoms with van der Waals surface area (Å²) in [6, 6.07) is 28.1. The van der Waals surface area contributed by atoms with E-state index in [1.54, 1.807) is 49.4 Å². The number of hydrogen-bond donors (Lipinski definition) is 1. The average Bonchev–Trinajstić information content (AvgIpc) is 3.03. The van der Waals surface area contributed by atoms with Gasteiger partial charge in [0.1, 0.15) is 24.2 Å². The maximum Gasteiger partial charge on any atom is 0.264 e. The van der Waals surface area contributed by atoms with Crippen LogP contribution in [0.2, 0.25) is 0 Å². The number of nitrogens with one attached hydrogen (secondary N) is 1. The van der Waals surface area contributed by atoms with Gasteiger partial charge in [0.05, 0.1) is 17.7 Å². The molecule has 0 aromatic heterocycles. The Kier molecular flexibility index (Phi) is 10.5. The fourth-order valence-electron chi connectivity index (χ4n) is 4.63. The highest BCUT2D eigenvalue weighted by Crippen LogP contribution is 2.27. The molecule has 0 bridgehead atoms. The van der Waals surface area contributed by atoms with Gasteiger partial charge in [0.15, 0.2) is 0 Å². The third-order valence-electron chi connectivity index (χ3n) is 6.86. The first kappa shape index (κ1) is 31.2. The number of amides is 2. The van der Waals surface area contributed by atoms with Crippen molar-refractivity contribution in [1.82, 2.24) is 10.2 Å². The van der Waals surface area contributed by atoms with Gasteiger partial charge in [-0.3, -0.25) is 13.9 Å². The van der Waals surface area contributed by atoms with Crippen molar-refractivity contribution in [1.29, 1.82) is 0 Å². The van der Waals surface area contributed by atoms with Crippen LogP contribution in [0.3, 0.4) is 0 Å². The minimum atomic E-state index is -4.20. The summed E-state index contributed by atoms with van der Waals surface area (Å²) in [5.41, 5.74) is 1.65. The molecule has 0 spiro atoms. The Morgan fingerprint density at radius 3 is 2.02 bits per heavy atom.